The molecular formula is C16H33NS. The van der Waals surface area contributed by atoms with E-state index in [0.717, 1.165) is 29.0 Å². The molecule has 1 fully saturated rings. The molecule has 4 unspecified atom stereocenters. The highest BCUT2D eigenvalue weighted by atomic mass is 32.2. The second kappa shape index (κ2) is 9.25. The molecule has 1 aliphatic rings. The van der Waals surface area contributed by atoms with E-state index in [-0.39, 0.29) is 0 Å². The molecule has 1 rings (SSSR count). The Morgan fingerprint density at radius 1 is 1.22 bits per heavy atom. The molecule has 0 aromatic carbocycles. The minimum Gasteiger partial charge on any atom is -0.313 e. The van der Waals surface area contributed by atoms with Gasteiger partial charge in [-0.3, -0.25) is 0 Å². The van der Waals surface area contributed by atoms with Crippen LogP contribution in [0.3, 0.4) is 0 Å². The first-order chi connectivity index (χ1) is 8.71. The van der Waals surface area contributed by atoms with Crippen LogP contribution >= 0.6 is 11.8 Å². The molecular weight excluding hydrogens is 238 g/mol. The normalized spacial score (nSPS) is 28.0. The summed E-state index contributed by atoms with van der Waals surface area (Å²) in [7, 11) is 0. The number of nitrogens with one attached hydrogen (secondary N) is 1. The summed E-state index contributed by atoms with van der Waals surface area (Å²) < 4.78 is 0. The van der Waals surface area contributed by atoms with Crippen LogP contribution in [-0.4, -0.2) is 23.1 Å². The quantitative estimate of drug-likeness (QED) is 0.677. The van der Waals surface area contributed by atoms with Crippen molar-refractivity contribution < 1.29 is 0 Å². The van der Waals surface area contributed by atoms with E-state index in [4.69, 9.17) is 0 Å². The summed E-state index contributed by atoms with van der Waals surface area (Å²) in [5.41, 5.74) is 0. The molecule has 18 heavy (non-hydrogen) atoms. The molecule has 0 radical (unpaired) electrons. The lowest BCUT2D eigenvalue weighted by Gasteiger charge is -2.33. The Labute approximate surface area is 119 Å². The van der Waals surface area contributed by atoms with Gasteiger partial charge in [0.2, 0.25) is 0 Å². The highest BCUT2D eigenvalue weighted by Gasteiger charge is 2.26. The Kier molecular flexibility index (Phi) is 8.41. The van der Waals surface area contributed by atoms with Gasteiger partial charge in [0.1, 0.15) is 0 Å². The molecule has 0 saturated heterocycles. The van der Waals surface area contributed by atoms with Crippen molar-refractivity contribution in [2.75, 3.05) is 6.54 Å². The van der Waals surface area contributed by atoms with E-state index in [0.29, 0.717) is 0 Å². The molecule has 1 nitrogen and oxygen atoms in total. The van der Waals surface area contributed by atoms with Crippen molar-refractivity contribution in [3.63, 3.8) is 0 Å². The van der Waals surface area contributed by atoms with Gasteiger partial charge in [-0.15, -0.1) is 0 Å². The predicted molar refractivity (Wildman–Crippen MR) is 85.5 cm³/mol. The van der Waals surface area contributed by atoms with Gasteiger partial charge in [-0.2, -0.15) is 11.8 Å². The summed E-state index contributed by atoms with van der Waals surface area (Å²) in [4.78, 5) is 0. The van der Waals surface area contributed by atoms with Crippen molar-refractivity contribution in [1.82, 2.24) is 5.32 Å². The predicted octanol–water partition coefficient (Wildman–Crippen LogP) is 4.86. The van der Waals surface area contributed by atoms with Gasteiger partial charge in [0.15, 0.2) is 0 Å². The smallest absolute Gasteiger partial charge is 0.0201 e. The summed E-state index contributed by atoms with van der Waals surface area (Å²) >= 11 is 2.29. The average Bonchev–Trinajstić information content (AvgIpc) is 2.36. The molecule has 1 N–H and O–H groups in total. The van der Waals surface area contributed by atoms with Gasteiger partial charge in [-0.25, -0.2) is 0 Å². The highest BCUT2D eigenvalue weighted by molar-refractivity contribution is 8.00. The number of thioether (sulfide) groups is 1. The largest absolute Gasteiger partial charge is 0.313 e. The zero-order chi connectivity index (χ0) is 13.4. The molecule has 4 atom stereocenters. The first kappa shape index (κ1) is 16.4. The van der Waals surface area contributed by atoms with Crippen molar-refractivity contribution in [2.45, 2.75) is 89.2 Å². The Balaban J connectivity index is 2.47. The van der Waals surface area contributed by atoms with Gasteiger partial charge >= 0.3 is 0 Å². The van der Waals surface area contributed by atoms with Crippen molar-refractivity contribution >= 4 is 11.8 Å². The lowest BCUT2D eigenvalue weighted by Crippen LogP contribution is -2.39. The summed E-state index contributed by atoms with van der Waals surface area (Å²) in [5, 5.41) is 5.46. The summed E-state index contributed by atoms with van der Waals surface area (Å²) in [6.45, 7) is 10.5. The van der Waals surface area contributed by atoms with Gasteiger partial charge in [0, 0.05) is 16.5 Å². The zero-order valence-corrected chi connectivity index (χ0v) is 13.7. The van der Waals surface area contributed by atoms with Crippen LogP contribution in [-0.2, 0) is 0 Å². The van der Waals surface area contributed by atoms with E-state index >= 15 is 0 Å². The van der Waals surface area contributed by atoms with E-state index in [1.54, 1.807) is 0 Å². The van der Waals surface area contributed by atoms with Crippen LogP contribution in [0.4, 0.5) is 0 Å². The summed E-state index contributed by atoms with van der Waals surface area (Å²) in [6.07, 6.45) is 9.77. The fourth-order valence-electron chi connectivity index (χ4n) is 3.22. The first-order valence-electron chi connectivity index (χ1n) is 8.10. The Bertz CT molecular complexity index is 201. The number of hydrogen-bond donors (Lipinski definition) is 1. The van der Waals surface area contributed by atoms with Crippen LogP contribution < -0.4 is 5.32 Å². The SMILES string of the molecule is CCCC(NCC)C(CC)SC1CCCC(C)C1. The summed E-state index contributed by atoms with van der Waals surface area (Å²) in [6, 6.07) is 0.729. The van der Waals surface area contributed by atoms with Gasteiger partial charge in [0.25, 0.3) is 0 Å². The highest BCUT2D eigenvalue weighted by Crippen LogP contribution is 2.36. The maximum atomic E-state index is 3.71. The Hall–Kier alpha value is 0.310. The Morgan fingerprint density at radius 3 is 2.56 bits per heavy atom. The second-order valence-corrected chi connectivity index (χ2v) is 7.47. The van der Waals surface area contributed by atoms with E-state index in [1.165, 1.54) is 44.9 Å². The van der Waals surface area contributed by atoms with Crippen LogP contribution in [0.25, 0.3) is 0 Å². The topological polar surface area (TPSA) is 12.0 Å². The molecule has 0 bridgehead atoms. The molecule has 0 amide bonds. The minimum absolute atomic E-state index is 0.729. The van der Waals surface area contributed by atoms with E-state index in [2.05, 4.69) is 44.8 Å². The average molecular weight is 272 g/mol. The maximum Gasteiger partial charge on any atom is 0.0201 e. The standard InChI is InChI=1S/C16H33NS/c1-5-9-15(17-7-3)16(6-2)18-14-11-8-10-13(4)12-14/h13-17H,5-12H2,1-4H3. The lowest BCUT2D eigenvalue weighted by molar-refractivity contribution is 0.391. The molecule has 0 aliphatic heterocycles. The van der Waals surface area contributed by atoms with Gasteiger partial charge in [0.05, 0.1) is 0 Å². The molecule has 0 aromatic heterocycles. The van der Waals surface area contributed by atoms with Crippen molar-refractivity contribution in [3.8, 4) is 0 Å². The minimum atomic E-state index is 0.729. The molecule has 1 aliphatic carbocycles. The van der Waals surface area contributed by atoms with E-state index in [1.807, 2.05) is 0 Å². The van der Waals surface area contributed by atoms with Gasteiger partial charge < -0.3 is 5.32 Å². The summed E-state index contributed by atoms with van der Waals surface area (Å²) in [5.74, 6) is 0.956. The third kappa shape index (κ3) is 5.52. The van der Waals surface area contributed by atoms with Crippen molar-refractivity contribution in [1.29, 1.82) is 0 Å². The first-order valence-corrected chi connectivity index (χ1v) is 9.04. The molecule has 0 spiro atoms. The lowest BCUT2D eigenvalue weighted by atomic mass is 9.90. The monoisotopic (exact) mass is 271 g/mol. The van der Waals surface area contributed by atoms with Gasteiger partial charge in [-0.05, 0) is 38.1 Å². The maximum absolute atomic E-state index is 3.71. The van der Waals surface area contributed by atoms with Gasteiger partial charge in [-0.1, -0.05) is 47.0 Å². The molecule has 0 aromatic rings. The van der Waals surface area contributed by atoms with Crippen LogP contribution in [0, 0.1) is 5.92 Å². The third-order valence-corrected chi connectivity index (χ3v) is 6.00. The fourth-order valence-corrected chi connectivity index (χ4v) is 5.07. The zero-order valence-electron chi connectivity index (χ0n) is 12.9. The third-order valence-electron chi connectivity index (χ3n) is 4.17. The van der Waals surface area contributed by atoms with Crippen molar-refractivity contribution in [3.05, 3.63) is 0 Å². The Morgan fingerprint density at radius 2 is 2.00 bits per heavy atom. The number of hydrogen-bond acceptors (Lipinski definition) is 2. The van der Waals surface area contributed by atoms with Crippen LogP contribution in [0.5, 0.6) is 0 Å². The molecule has 108 valence electrons. The molecule has 1 saturated carbocycles. The van der Waals surface area contributed by atoms with Crippen LogP contribution in [0.1, 0.15) is 72.6 Å². The molecule has 0 heterocycles. The van der Waals surface area contributed by atoms with E-state index < -0.39 is 0 Å². The fraction of sp³-hybridized carbons (Fsp3) is 1.00. The molecule has 2 heteroatoms. The number of rotatable bonds is 8. The second-order valence-electron chi connectivity index (χ2n) is 5.93. The van der Waals surface area contributed by atoms with Crippen molar-refractivity contribution in [2.24, 2.45) is 5.92 Å². The van der Waals surface area contributed by atoms with Crippen LogP contribution in [0.2, 0.25) is 0 Å². The van der Waals surface area contributed by atoms with E-state index in [9.17, 15) is 0 Å². The van der Waals surface area contributed by atoms with Crippen LogP contribution in [0.15, 0.2) is 0 Å².